The lowest BCUT2D eigenvalue weighted by atomic mass is 9.95. The van der Waals surface area contributed by atoms with Crippen molar-refractivity contribution in [3.05, 3.63) is 54.0 Å². The van der Waals surface area contributed by atoms with Crippen LogP contribution in [0, 0.1) is 0 Å². The Morgan fingerprint density at radius 3 is 3.00 bits per heavy atom. The minimum atomic E-state index is -0.0177. The van der Waals surface area contributed by atoms with Crippen molar-refractivity contribution in [1.82, 2.24) is 25.3 Å². The summed E-state index contributed by atoms with van der Waals surface area (Å²) in [6, 6.07) is 11.4. The summed E-state index contributed by atoms with van der Waals surface area (Å²) in [4.78, 5) is 14.8. The number of benzene rings is 1. The Labute approximate surface area is 151 Å². The topological polar surface area (TPSA) is 86.9 Å². The van der Waals surface area contributed by atoms with E-state index in [0.29, 0.717) is 18.2 Å². The lowest BCUT2D eigenvalue weighted by molar-refractivity contribution is 0.0700. The average molecular weight is 351 g/mol. The van der Waals surface area contributed by atoms with Crippen LogP contribution in [0.4, 0.5) is 0 Å². The molecule has 1 fully saturated rings. The second-order valence-electron chi connectivity index (χ2n) is 6.50. The summed E-state index contributed by atoms with van der Waals surface area (Å²) in [5.74, 6) is 1.05. The van der Waals surface area contributed by atoms with Crippen molar-refractivity contribution in [2.75, 3.05) is 20.2 Å². The molecule has 2 aromatic heterocycles. The minimum Gasteiger partial charge on any atom is -0.497 e. The molecule has 7 heteroatoms. The molecule has 134 valence electrons. The van der Waals surface area contributed by atoms with Crippen LogP contribution in [-0.4, -0.2) is 51.4 Å². The smallest absolute Gasteiger partial charge is 0.271 e. The maximum atomic E-state index is 12.9. The first kappa shape index (κ1) is 16.4. The number of rotatable bonds is 4. The van der Waals surface area contributed by atoms with Gasteiger partial charge < -0.3 is 9.64 Å². The summed E-state index contributed by atoms with van der Waals surface area (Å²) in [7, 11) is 1.63. The number of aromatic amines is 2. The highest BCUT2D eigenvalue weighted by molar-refractivity contribution is 5.93. The van der Waals surface area contributed by atoms with Gasteiger partial charge in [0.2, 0.25) is 0 Å². The van der Waals surface area contributed by atoms with E-state index in [1.807, 2.05) is 35.2 Å². The number of nitrogens with zero attached hydrogens (tertiary/aromatic N) is 3. The number of piperidine rings is 1. The van der Waals surface area contributed by atoms with E-state index in [1.165, 1.54) is 0 Å². The number of carbonyl (C=O) groups excluding carboxylic acids is 1. The zero-order chi connectivity index (χ0) is 17.9. The molecule has 3 heterocycles. The van der Waals surface area contributed by atoms with Crippen LogP contribution >= 0.6 is 0 Å². The van der Waals surface area contributed by atoms with Gasteiger partial charge in [0.15, 0.2) is 0 Å². The van der Waals surface area contributed by atoms with Crippen LogP contribution in [-0.2, 0) is 0 Å². The Balaban J connectivity index is 1.51. The van der Waals surface area contributed by atoms with E-state index in [9.17, 15) is 4.79 Å². The molecule has 0 bridgehead atoms. The van der Waals surface area contributed by atoms with Gasteiger partial charge in [0.05, 0.1) is 12.8 Å². The van der Waals surface area contributed by atoms with Crippen molar-refractivity contribution in [3.8, 4) is 17.0 Å². The predicted octanol–water partition coefficient (Wildman–Crippen LogP) is 2.83. The van der Waals surface area contributed by atoms with Crippen molar-refractivity contribution in [2.45, 2.75) is 18.8 Å². The fourth-order valence-corrected chi connectivity index (χ4v) is 3.44. The van der Waals surface area contributed by atoms with Gasteiger partial charge in [-0.1, -0.05) is 12.1 Å². The molecule has 3 aromatic rings. The summed E-state index contributed by atoms with van der Waals surface area (Å²) < 4.78 is 5.25. The van der Waals surface area contributed by atoms with Crippen LogP contribution in [0.1, 0.15) is 34.9 Å². The molecule has 4 rings (SSSR count). The Hall–Kier alpha value is -3.09. The number of H-pyrrole nitrogens is 2. The normalized spacial score (nSPS) is 17.3. The van der Waals surface area contributed by atoms with Crippen LogP contribution in [0.3, 0.4) is 0 Å². The maximum Gasteiger partial charge on any atom is 0.271 e. The SMILES string of the molecule is COc1cccc(-c2cc(C(=O)N3CCC[C@@H](c4ccn[nH]4)C3)[nH]n2)c1. The maximum absolute atomic E-state index is 12.9. The fraction of sp³-hybridized carbons (Fsp3) is 0.316. The number of hydrogen-bond donors (Lipinski definition) is 2. The van der Waals surface area contributed by atoms with Gasteiger partial charge in [0, 0.05) is 36.5 Å². The first-order valence-electron chi connectivity index (χ1n) is 8.73. The van der Waals surface area contributed by atoms with Gasteiger partial charge in [-0.3, -0.25) is 15.0 Å². The molecule has 2 N–H and O–H groups in total. The number of likely N-dealkylation sites (tertiary alicyclic amines) is 1. The van der Waals surface area contributed by atoms with Crippen molar-refractivity contribution >= 4 is 5.91 Å². The number of nitrogens with one attached hydrogen (secondary N) is 2. The van der Waals surface area contributed by atoms with E-state index >= 15 is 0 Å². The molecule has 0 aliphatic carbocycles. The van der Waals surface area contributed by atoms with Crippen molar-refractivity contribution in [2.24, 2.45) is 0 Å². The van der Waals surface area contributed by atoms with Gasteiger partial charge in [0.1, 0.15) is 11.4 Å². The third-order valence-corrected chi connectivity index (χ3v) is 4.84. The molecule has 1 amide bonds. The zero-order valence-electron chi connectivity index (χ0n) is 14.6. The predicted molar refractivity (Wildman–Crippen MR) is 97.0 cm³/mol. The number of carbonyl (C=O) groups is 1. The van der Waals surface area contributed by atoms with Crippen molar-refractivity contribution in [3.63, 3.8) is 0 Å². The molecule has 7 nitrogen and oxygen atoms in total. The van der Waals surface area contributed by atoms with E-state index in [-0.39, 0.29) is 5.91 Å². The molecule has 1 aromatic carbocycles. The Bertz CT molecular complexity index is 887. The molecule has 1 aliphatic heterocycles. The van der Waals surface area contributed by atoms with Gasteiger partial charge in [-0.2, -0.15) is 10.2 Å². The monoisotopic (exact) mass is 351 g/mol. The summed E-state index contributed by atoms with van der Waals surface area (Å²) in [6.45, 7) is 1.45. The Morgan fingerprint density at radius 1 is 1.27 bits per heavy atom. The van der Waals surface area contributed by atoms with E-state index in [4.69, 9.17) is 4.74 Å². The molecule has 0 unspecified atom stereocenters. The molecule has 1 saturated heterocycles. The third-order valence-electron chi connectivity index (χ3n) is 4.84. The quantitative estimate of drug-likeness (QED) is 0.757. The lowest BCUT2D eigenvalue weighted by Crippen LogP contribution is -2.39. The van der Waals surface area contributed by atoms with Gasteiger partial charge in [-0.05, 0) is 37.1 Å². The van der Waals surface area contributed by atoms with E-state index in [0.717, 1.165) is 42.1 Å². The summed E-state index contributed by atoms with van der Waals surface area (Å²) in [5.41, 5.74) is 3.24. The molecule has 1 aliphatic rings. The van der Waals surface area contributed by atoms with Crippen LogP contribution in [0.2, 0.25) is 0 Å². The van der Waals surface area contributed by atoms with E-state index in [1.54, 1.807) is 19.4 Å². The van der Waals surface area contributed by atoms with Crippen LogP contribution in [0.5, 0.6) is 5.75 Å². The second-order valence-corrected chi connectivity index (χ2v) is 6.50. The number of ether oxygens (including phenoxy) is 1. The van der Waals surface area contributed by atoms with Crippen LogP contribution < -0.4 is 4.74 Å². The average Bonchev–Trinajstić information content (AvgIpc) is 3.39. The third kappa shape index (κ3) is 3.20. The summed E-state index contributed by atoms with van der Waals surface area (Å²) in [5, 5.41) is 14.2. The molecular weight excluding hydrogens is 330 g/mol. The molecule has 0 radical (unpaired) electrons. The highest BCUT2D eigenvalue weighted by atomic mass is 16.5. The van der Waals surface area contributed by atoms with Crippen LogP contribution in [0.15, 0.2) is 42.6 Å². The second kappa shape index (κ2) is 7.03. The summed E-state index contributed by atoms with van der Waals surface area (Å²) in [6.07, 6.45) is 3.79. The van der Waals surface area contributed by atoms with Gasteiger partial charge in [0.25, 0.3) is 5.91 Å². The van der Waals surface area contributed by atoms with Crippen molar-refractivity contribution in [1.29, 1.82) is 0 Å². The number of aromatic nitrogens is 4. The fourth-order valence-electron chi connectivity index (χ4n) is 3.44. The van der Waals surface area contributed by atoms with E-state index < -0.39 is 0 Å². The first-order chi connectivity index (χ1) is 12.7. The standard InChI is InChI=1S/C19H21N5O2/c1-26-15-6-2-4-13(10-15)17-11-18(23-22-17)19(25)24-9-3-5-14(12-24)16-7-8-20-21-16/h2,4,6-8,10-11,14H,3,5,9,12H2,1H3,(H,20,21)(H,22,23)/t14-/m1/s1. The molecule has 0 spiro atoms. The molecule has 26 heavy (non-hydrogen) atoms. The minimum absolute atomic E-state index is 0.0177. The molecule has 0 saturated carbocycles. The summed E-state index contributed by atoms with van der Waals surface area (Å²) >= 11 is 0. The van der Waals surface area contributed by atoms with Gasteiger partial charge in [-0.15, -0.1) is 0 Å². The highest BCUT2D eigenvalue weighted by Crippen LogP contribution is 2.27. The highest BCUT2D eigenvalue weighted by Gasteiger charge is 2.27. The number of hydrogen-bond acceptors (Lipinski definition) is 4. The number of amides is 1. The van der Waals surface area contributed by atoms with Gasteiger partial charge >= 0.3 is 0 Å². The van der Waals surface area contributed by atoms with Gasteiger partial charge in [-0.25, -0.2) is 0 Å². The largest absolute Gasteiger partial charge is 0.497 e. The molecule has 1 atom stereocenters. The van der Waals surface area contributed by atoms with E-state index in [2.05, 4.69) is 20.4 Å². The first-order valence-corrected chi connectivity index (χ1v) is 8.73. The lowest BCUT2D eigenvalue weighted by Gasteiger charge is -2.31. The van der Waals surface area contributed by atoms with Crippen LogP contribution in [0.25, 0.3) is 11.3 Å². The molecular formula is C19H21N5O2. The Morgan fingerprint density at radius 2 is 2.19 bits per heavy atom. The number of methoxy groups -OCH3 is 1. The Kier molecular flexibility index (Phi) is 4.43. The zero-order valence-corrected chi connectivity index (χ0v) is 14.6. The van der Waals surface area contributed by atoms with Crippen molar-refractivity contribution < 1.29 is 9.53 Å².